The SMILES string of the molecule is CCCOCCCN1C2CCC1CC(N)C2. The summed E-state index contributed by atoms with van der Waals surface area (Å²) in [5.41, 5.74) is 6.06. The lowest BCUT2D eigenvalue weighted by atomic mass is 9.98. The van der Waals surface area contributed by atoms with Gasteiger partial charge in [0.1, 0.15) is 0 Å². The van der Waals surface area contributed by atoms with E-state index in [0.717, 1.165) is 31.7 Å². The molecule has 3 heteroatoms. The number of ether oxygens (including phenoxy) is 1. The van der Waals surface area contributed by atoms with E-state index in [-0.39, 0.29) is 0 Å². The number of fused-ring (bicyclic) bond motifs is 2. The predicted octanol–water partition coefficient (Wildman–Crippen LogP) is 1.76. The Hall–Kier alpha value is -0.120. The van der Waals surface area contributed by atoms with Gasteiger partial charge in [-0.3, -0.25) is 4.90 Å². The zero-order valence-corrected chi connectivity index (χ0v) is 10.5. The lowest BCUT2D eigenvalue weighted by Gasteiger charge is -2.37. The molecule has 0 radical (unpaired) electrons. The molecule has 2 saturated heterocycles. The normalized spacial score (nSPS) is 34.5. The molecule has 16 heavy (non-hydrogen) atoms. The first-order valence-electron chi connectivity index (χ1n) is 6.90. The second-order valence-electron chi connectivity index (χ2n) is 5.32. The number of hydrogen-bond donors (Lipinski definition) is 1. The van der Waals surface area contributed by atoms with Crippen molar-refractivity contribution in [3.8, 4) is 0 Å². The van der Waals surface area contributed by atoms with Gasteiger partial charge < -0.3 is 10.5 Å². The highest BCUT2D eigenvalue weighted by Crippen LogP contribution is 2.34. The lowest BCUT2D eigenvalue weighted by molar-refractivity contribution is 0.0907. The highest BCUT2D eigenvalue weighted by Gasteiger charge is 2.38. The molecule has 0 spiro atoms. The van der Waals surface area contributed by atoms with Gasteiger partial charge in [-0.15, -0.1) is 0 Å². The van der Waals surface area contributed by atoms with Gasteiger partial charge in [0.25, 0.3) is 0 Å². The van der Waals surface area contributed by atoms with E-state index in [1.165, 1.54) is 38.6 Å². The first kappa shape index (κ1) is 12.3. The third-order valence-electron chi connectivity index (χ3n) is 3.97. The summed E-state index contributed by atoms with van der Waals surface area (Å²) < 4.78 is 5.53. The molecule has 0 saturated carbocycles. The minimum atomic E-state index is 0.463. The molecule has 2 atom stereocenters. The summed E-state index contributed by atoms with van der Waals surface area (Å²) in [5.74, 6) is 0. The molecule has 2 fully saturated rings. The number of nitrogens with zero attached hydrogens (tertiary/aromatic N) is 1. The highest BCUT2D eigenvalue weighted by molar-refractivity contribution is 4.96. The van der Waals surface area contributed by atoms with Crippen molar-refractivity contribution in [1.82, 2.24) is 4.90 Å². The molecule has 2 aliphatic heterocycles. The van der Waals surface area contributed by atoms with Crippen molar-refractivity contribution in [1.29, 1.82) is 0 Å². The lowest BCUT2D eigenvalue weighted by Crippen LogP contribution is -2.47. The molecule has 2 unspecified atom stereocenters. The Labute approximate surface area is 99.3 Å². The highest BCUT2D eigenvalue weighted by atomic mass is 16.5. The van der Waals surface area contributed by atoms with Crippen LogP contribution in [0.3, 0.4) is 0 Å². The van der Waals surface area contributed by atoms with E-state index in [9.17, 15) is 0 Å². The Kier molecular flexibility index (Phi) is 4.62. The fourth-order valence-corrected chi connectivity index (χ4v) is 3.28. The van der Waals surface area contributed by atoms with Gasteiger partial charge in [0.05, 0.1) is 0 Å². The Balaban J connectivity index is 1.66. The molecule has 0 amide bonds. The Morgan fingerprint density at radius 2 is 1.88 bits per heavy atom. The second-order valence-corrected chi connectivity index (χ2v) is 5.32. The molecule has 2 bridgehead atoms. The molecule has 0 aliphatic carbocycles. The maximum absolute atomic E-state index is 6.06. The maximum atomic E-state index is 6.06. The standard InChI is InChI=1S/C13H26N2O/c1-2-7-16-8-3-6-15-12-4-5-13(15)10-11(14)9-12/h11-13H,2-10,14H2,1H3. The monoisotopic (exact) mass is 226 g/mol. The number of hydrogen-bond acceptors (Lipinski definition) is 3. The smallest absolute Gasteiger partial charge is 0.0478 e. The third kappa shape index (κ3) is 2.96. The van der Waals surface area contributed by atoms with Crippen molar-refractivity contribution in [3.63, 3.8) is 0 Å². The van der Waals surface area contributed by atoms with Crippen molar-refractivity contribution < 1.29 is 4.74 Å². The van der Waals surface area contributed by atoms with E-state index >= 15 is 0 Å². The fourth-order valence-electron chi connectivity index (χ4n) is 3.28. The van der Waals surface area contributed by atoms with Crippen LogP contribution in [0.25, 0.3) is 0 Å². The van der Waals surface area contributed by atoms with E-state index in [0.29, 0.717) is 6.04 Å². The largest absolute Gasteiger partial charge is 0.381 e. The summed E-state index contributed by atoms with van der Waals surface area (Å²) in [6.45, 7) is 5.21. The summed E-state index contributed by atoms with van der Waals surface area (Å²) >= 11 is 0. The summed E-state index contributed by atoms with van der Waals surface area (Å²) in [6, 6.07) is 2.02. The summed E-state index contributed by atoms with van der Waals surface area (Å²) in [4.78, 5) is 2.69. The van der Waals surface area contributed by atoms with Gasteiger partial charge in [0, 0.05) is 37.9 Å². The first-order chi connectivity index (χ1) is 7.81. The average molecular weight is 226 g/mol. The Bertz CT molecular complexity index is 196. The van der Waals surface area contributed by atoms with Gasteiger partial charge >= 0.3 is 0 Å². The first-order valence-corrected chi connectivity index (χ1v) is 6.90. The minimum absolute atomic E-state index is 0.463. The van der Waals surface area contributed by atoms with Gasteiger partial charge in [-0.25, -0.2) is 0 Å². The van der Waals surface area contributed by atoms with Gasteiger partial charge in [-0.1, -0.05) is 6.92 Å². The van der Waals surface area contributed by atoms with Crippen LogP contribution in [0.2, 0.25) is 0 Å². The van der Waals surface area contributed by atoms with Crippen LogP contribution >= 0.6 is 0 Å². The Morgan fingerprint density at radius 3 is 2.50 bits per heavy atom. The topological polar surface area (TPSA) is 38.5 Å². The molecule has 2 aliphatic rings. The second kappa shape index (κ2) is 5.99. The van der Waals surface area contributed by atoms with Crippen LogP contribution in [0.1, 0.15) is 45.4 Å². The van der Waals surface area contributed by atoms with Crippen molar-refractivity contribution in [2.24, 2.45) is 5.73 Å². The zero-order chi connectivity index (χ0) is 11.4. The molecule has 3 nitrogen and oxygen atoms in total. The van der Waals surface area contributed by atoms with E-state index in [1.807, 2.05) is 0 Å². The van der Waals surface area contributed by atoms with Crippen LogP contribution in [0.4, 0.5) is 0 Å². The average Bonchev–Trinajstić information content (AvgIpc) is 2.51. The molecule has 0 aromatic carbocycles. The van der Waals surface area contributed by atoms with E-state index < -0.39 is 0 Å². The molecule has 0 aromatic heterocycles. The summed E-state index contributed by atoms with van der Waals surface area (Å²) in [7, 11) is 0. The molecule has 94 valence electrons. The van der Waals surface area contributed by atoms with Crippen LogP contribution < -0.4 is 5.73 Å². The van der Waals surface area contributed by atoms with Crippen LogP contribution in [0, 0.1) is 0 Å². The van der Waals surface area contributed by atoms with E-state index in [1.54, 1.807) is 0 Å². The molecule has 2 rings (SSSR count). The predicted molar refractivity (Wildman–Crippen MR) is 66.5 cm³/mol. The molecule has 0 aromatic rings. The van der Waals surface area contributed by atoms with Crippen molar-refractivity contribution in [3.05, 3.63) is 0 Å². The van der Waals surface area contributed by atoms with Crippen LogP contribution in [-0.4, -0.2) is 42.8 Å². The van der Waals surface area contributed by atoms with E-state index in [2.05, 4.69) is 11.8 Å². The van der Waals surface area contributed by atoms with Crippen LogP contribution in [-0.2, 0) is 4.74 Å². The molecule has 2 heterocycles. The molecular weight excluding hydrogens is 200 g/mol. The maximum Gasteiger partial charge on any atom is 0.0478 e. The number of piperidine rings is 1. The van der Waals surface area contributed by atoms with Gasteiger partial charge in [0.2, 0.25) is 0 Å². The molecule has 2 N–H and O–H groups in total. The van der Waals surface area contributed by atoms with Crippen molar-refractivity contribution >= 4 is 0 Å². The van der Waals surface area contributed by atoms with Crippen LogP contribution in [0.5, 0.6) is 0 Å². The van der Waals surface area contributed by atoms with Crippen molar-refractivity contribution in [2.45, 2.75) is 63.6 Å². The van der Waals surface area contributed by atoms with Crippen molar-refractivity contribution in [2.75, 3.05) is 19.8 Å². The zero-order valence-electron chi connectivity index (χ0n) is 10.5. The van der Waals surface area contributed by atoms with E-state index in [4.69, 9.17) is 10.5 Å². The fraction of sp³-hybridized carbons (Fsp3) is 1.00. The minimum Gasteiger partial charge on any atom is -0.381 e. The summed E-state index contributed by atoms with van der Waals surface area (Å²) in [6.07, 6.45) is 7.48. The number of nitrogens with two attached hydrogens (primary N) is 1. The quantitative estimate of drug-likeness (QED) is 0.701. The van der Waals surface area contributed by atoms with Crippen LogP contribution in [0.15, 0.2) is 0 Å². The third-order valence-corrected chi connectivity index (χ3v) is 3.97. The summed E-state index contributed by atoms with van der Waals surface area (Å²) in [5, 5.41) is 0. The van der Waals surface area contributed by atoms with Gasteiger partial charge in [0.15, 0.2) is 0 Å². The van der Waals surface area contributed by atoms with Gasteiger partial charge in [-0.2, -0.15) is 0 Å². The Morgan fingerprint density at radius 1 is 1.19 bits per heavy atom. The van der Waals surface area contributed by atoms with Gasteiger partial charge in [-0.05, 0) is 38.5 Å². The number of rotatable bonds is 6. The molecular formula is C13H26N2O.